The van der Waals surface area contributed by atoms with Gasteiger partial charge >= 0.3 is 0 Å². The summed E-state index contributed by atoms with van der Waals surface area (Å²) in [5.41, 5.74) is 0.926. The molecule has 3 heteroatoms. The fourth-order valence-electron chi connectivity index (χ4n) is 3.12. The van der Waals surface area contributed by atoms with Crippen LogP contribution in [0.2, 0.25) is 5.02 Å². The Hall–Kier alpha value is -0.860. The summed E-state index contributed by atoms with van der Waals surface area (Å²) in [5.74, 6) is 0.391. The van der Waals surface area contributed by atoms with Gasteiger partial charge in [0.2, 0.25) is 0 Å². The van der Waals surface area contributed by atoms with Crippen molar-refractivity contribution in [1.29, 1.82) is 0 Å². The number of carbonyl (C=O) groups excluding carboxylic acids is 1. The molecule has 0 spiro atoms. The highest BCUT2D eigenvalue weighted by molar-refractivity contribution is 6.31. The third-order valence-corrected chi connectivity index (χ3v) is 4.72. The van der Waals surface area contributed by atoms with E-state index in [1.54, 1.807) is 0 Å². The number of aryl methyl sites for hydroxylation is 1. The topological polar surface area (TPSA) is 26.3 Å². The number of ketones is 1. The summed E-state index contributed by atoms with van der Waals surface area (Å²) in [5, 5.41) is 0.761. The number of carbonyl (C=O) groups is 1. The van der Waals surface area contributed by atoms with Gasteiger partial charge in [0.1, 0.15) is 5.78 Å². The fourth-order valence-corrected chi connectivity index (χ4v) is 3.35. The monoisotopic (exact) mass is 294 g/mol. The predicted octanol–water partition coefficient (Wildman–Crippen LogP) is 4.44. The first-order valence-corrected chi connectivity index (χ1v) is 7.90. The average Bonchev–Trinajstić information content (AvgIpc) is 2.47. The molecule has 20 heavy (non-hydrogen) atoms. The molecule has 1 aliphatic heterocycles. The SMILES string of the molecule is CCCC1(C(=O)CCc2ccccc2Cl)CCOCC1. The van der Waals surface area contributed by atoms with Crippen molar-refractivity contribution in [3.63, 3.8) is 0 Å². The molecule has 0 unspecified atom stereocenters. The zero-order valence-corrected chi connectivity index (χ0v) is 12.9. The Balaban J connectivity index is 2.00. The van der Waals surface area contributed by atoms with Gasteiger partial charge in [-0.05, 0) is 37.3 Å². The first kappa shape index (κ1) is 15.5. The molecule has 0 aliphatic carbocycles. The minimum atomic E-state index is -0.145. The smallest absolute Gasteiger partial charge is 0.139 e. The lowest BCUT2D eigenvalue weighted by molar-refractivity contribution is -0.135. The van der Waals surface area contributed by atoms with E-state index in [-0.39, 0.29) is 5.41 Å². The van der Waals surface area contributed by atoms with Crippen LogP contribution in [0.25, 0.3) is 0 Å². The van der Waals surface area contributed by atoms with Crippen LogP contribution in [0.1, 0.15) is 44.6 Å². The molecule has 1 aromatic rings. The van der Waals surface area contributed by atoms with Crippen molar-refractivity contribution >= 4 is 17.4 Å². The first-order valence-electron chi connectivity index (χ1n) is 7.52. The number of rotatable bonds is 6. The van der Waals surface area contributed by atoms with Gasteiger partial charge in [0.05, 0.1) is 0 Å². The minimum absolute atomic E-state index is 0.145. The average molecular weight is 295 g/mol. The Morgan fingerprint density at radius 1 is 1.30 bits per heavy atom. The van der Waals surface area contributed by atoms with Crippen molar-refractivity contribution in [3.05, 3.63) is 34.9 Å². The molecule has 1 heterocycles. The number of ether oxygens (including phenoxy) is 1. The van der Waals surface area contributed by atoms with E-state index >= 15 is 0 Å². The van der Waals surface area contributed by atoms with Gasteiger partial charge in [-0.2, -0.15) is 0 Å². The van der Waals surface area contributed by atoms with Crippen LogP contribution >= 0.6 is 11.6 Å². The van der Waals surface area contributed by atoms with E-state index < -0.39 is 0 Å². The van der Waals surface area contributed by atoms with Crippen molar-refractivity contribution in [2.24, 2.45) is 5.41 Å². The molecule has 2 nitrogen and oxygen atoms in total. The molecule has 0 radical (unpaired) electrons. The van der Waals surface area contributed by atoms with Gasteiger partial charge in [-0.15, -0.1) is 0 Å². The molecule has 0 aromatic heterocycles. The largest absolute Gasteiger partial charge is 0.381 e. The lowest BCUT2D eigenvalue weighted by Gasteiger charge is -2.35. The lowest BCUT2D eigenvalue weighted by Crippen LogP contribution is -2.37. The van der Waals surface area contributed by atoms with Gasteiger partial charge in [0.25, 0.3) is 0 Å². The number of benzene rings is 1. The Morgan fingerprint density at radius 3 is 2.65 bits per heavy atom. The molecule has 0 bridgehead atoms. The molecule has 0 N–H and O–H groups in total. The summed E-state index contributed by atoms with van der Waals surface area (Å²) in [6.07, 6.45) is 5.12. The lowest BCUT2D eigenvalue weighted by atomic mass is 9.71. The second-order valence-corrected chi connectivity index (χ2v) is 6.06. The van der Waals surface area contributed by atoms with E-state index in [0.717, 1.165) is 55.9 Å². The van der Waals surface area contributed by atoms with E-state index in [0.29, 0.717) is 12.2 Å². The molecule has 1 aliphatic rings. The zero-order chi connectivity index (χ0) is 14.4. The van der Waals surface area contributed by atoms with Crippen molar-refractivity contribution < 1.29 is 9.53 Å². The first-order chi connectivity index (χ1) is 9.68. The van der Waals surface area contributed by atoms with Crippen LogP contribution < -0.4 is 0 Å². The van der Waals surface area contributed by atoms with Crippen molar-refractivity contribution in [2.75, 3.05) is 13.2 Å². The molecule has 0 amide bonds. The third kappa shape index (κ3) is 3.62. The molecule has 1 fully saturated rings. The van der Waals surface area contributed by atoms with Crippen molar-refractivity contribution in [3.8, 4) is 0 Å². The molecule has 0 saturated carbocycles. The zero-order valence-electron chi connectivity index (χ0n) is 12.2. The highest BCUT2D eigenvalue weighted by Gasteiger charge is 2.38. The second kappa shape index (κ2) is 7.24. The second-order valence-electron chi connectivity index (χ2n) is 5.66. The summed E-state index contributed by atoms with van der Waals surface area (Å²) in [6, 6.07) is 7.79. The maximum atomic E-state index is 12.7. The maximum absolute atomic E-state index is 12.7. The minimum Gasteiger partial charge on any atom is -0.381 e. The number of Topliss-reactive ketones (excluding diaryl/α,β-unsaturated/α-hetero) is 1. The van der Waals surface area contributed by atoms with E-state index in [1.165, 1.54) is 0 Å². The summed E-state index contributed by atoms with van der Waals surface area (Å²) in [6.45, 7) is 3.59. The maximum Gasteiger partial charge on any atom is 0.139 e. The standard InChI is InChI=1S/C17H23ClO2/c1-2-9-17(10-12-20-13-11-17)16(19)8-7-14-5-3-4-6-15(14)18/h3-6H,2,7-13H2,1H3. The predicted molar refractivity (Wildman–Crippen MR) is 82.2 cm³/mol. The van der Waals surface area contributed by atoms with Crippen LogP contribution in [-0.4, -0.2) is 19.0 Å². The molecule has 0 atom stereocenters. The molecular weight excluding hydrogens is 272 g/mol. The molecular formula is C17H23ClO2. The molecule has 110 valence electrons. The summed E-state index contributed by atoms with van der Waals surface area (Å²) < 4.78 is 5.43. The van der Waals surface area contributed by atoms with Crippen LogP contribution in [0.15, 0.2) is 24.3 Å². The van der Waals surface area contributed by atoms with Gasteiger partial charge in [-0.1, -0.05) is 43.1 Å². The van der Waals surface area contributed by atoms with Crippen LogP contribution in [0.4, 0.5) is 0 Å². The van der Waals surface area contributed by atoms with Gasteiger partial charge in [0.15, 0.2) is 0 Å². The van der Waals surface area contributed by atoms with Crippen LogP contribution in [0.3, 0.4) is 0 Å². The number of halogens is 1. The highest BCUT2D eigenvalue weighted by Crippen LogP contribution is 2.37. The van der Waals surface area contributed by atoms with Crippen molar-refractivity contribution in [1.82, 2.24) is 0 Å². The van der Waals surface area contributed by atoms with Crippen LogP contribution in [0, 0.1) is 5.41 Å². The van der Waals surface area contributed by atoms with E-state index in [2.05, 4.69) is 6.92 Å². The summed E-state index contributed by atoms with van der Waals surface area (Å²) in [4.78, 5) is 12.7. The van der Waals surface area contributed by atoms with Gasteiger partial charge in [0, 0.05) is 30.1 Å². The van der Waals surface area contributed by atoms with Gasteiger partial charge in [-0.25, -0.2) is 0 Å². The summed E-state index contributed by atoms with van der Waals surface area (Å²) >= 11 is 6.16. The van der Waals surface area contributed by atoms with Gasteiger partial charge in [-0.3, -0.25) is 4.79 Å². The molecule has 1 aromatic carbocycles. The van der Waals surface area contributed by atoms with E-state index in [4.69, 9.17) is 16.3 Å². The normalized spacial score (nSPS) is 17.9. The number of hydrogen-bond acceptors (Lipinski definition) is 2. The van der Waals surface area contributed by atoms with E-state index in [9.17, 15) is 4.79 Å². The molecule has 1 saturated heterocycles. The quantitative estimate of drug-likeness (QED) is 0.775. The Bertz CT molecular complexity index is 445. The Morgan fingerprint density at radius 2 is 2.00 bits per heavy atom. The van der Waals surface area contributed by atoms with Crippen molar-refractivity contribution in [2.45, 2.75) is 45.4 Å². The Labute approximate surface area is 126 Å². The van der Waals surface area contributed by atoms with Gasteiger partial charge < -0.3 is 4.74 Å². The summed E-state index contributed by atoms with van der Waals surface area (Å²) in [7, 11) is 0. The van der Waals surface area contributed by atoms with Crippen LogP contribution in [0.5, 0.6) is 0 Å². The number of hydrogen-bond donors (Lipinski definition) is 0. The fraction of sp³-hybridized carbons (Fsp3) is 0.588. The Kier molecular flexibility index (Phi) is 5.62. The highest BCUT2D eigenvalue weighted by atomic mass is 35.5. The van der Waals surface area contributed by atoms with E-state index in [1.807, 2.05) is 24.3 Å². The third-order valence-electron chi connectivity index (χ3n) is 4.35. The van der Waals surface area contributed by atoms with Crippen LogP contribution in [-0.2, 0) is 16.0 Å². The molecule has 2 rings (SSSR count).